The summed E-state index contributed by atoms with van der Waals surface area (Å²) in [5, 5.41) is 49.4. The molecule has 2 aromatic rings. The van der Waals surface area contributed by atoms with Crippen LogP contribution in [0.25, 0.3) is 0 Å². The van der Waals surface area contributed by atoms with Gasteiger partial charge in [0.15, 0.2) is 5.75 Å². The molecular formula is C25H25I4N3O11. The molecule has 2 rings (SSSR count). The van der Waals surface area contributed by atoms with Gasteiger partial charge in [-0.25, -0.2) is 4.79 Å². The van der Waals surface area contributed by atoms with Crippen molar-refractivity contribution >= 4 is 120 Å². The molecule has 0 fully saturated rings. The number of carboxylic acids is 4. The molecule has 0 aliphatic rings. The maximum absolute atomic E-state index is 12.8. The molecule has 234 valence electrons. The summed E-state index contributed by atoms with van der Waals surface area (Å²) in [4.78, 5) is 60.4. The lowest BCUT2D eigenvalue weighted by atomic mass is 10.1. The van der Waals surface area contributed by atoms with Gasteiger partial charge in [-0.3, -0.25) is 29.0 Å². The number of carbonyl (C=O) groups excluding carboxylic acids is 1. The van der Waals surface area contributed by atoms with Crippen LogP contribution in [0.3, 0.4) is 0 Å². The Morgan fingerprint density at radius 2 is 1.16 bits per heavy atom. The molecule has 2 aromatic carbocycles. The SMILES string of the molecule is O=C(O)CN(CCN(CC(=O)O)CC(=O)NC(Cc1cc(I)c(Oc2cc(I)c(O)c(I)c2)c(I)c1)C(=O)O)CC(=O)O. The highest BCUT2D eigenvalue weighted by Gasteiger charge is 2.24. The molecule has 0 heterocycles. The molecule has 1 unspecified atom stereocenters. The zero-order valence-electron chi connectivity index (χ0n) is 21.9. The minimum atomic E-state index is -1.35. The molecule has 0 aliphatic heterocycles. The van der Waals surface area contributed by atoms with E-state index >= 15 is 0 Å². The summed E-state index contributed by atoms with van der Waals surface area (Å²) >= 11 is 8.08. The van der Waals surface area contributed by atoms with Crippen molar-refractivity contribution in [3.05, 3.63) is 44.1 Å². The summed E-state index contributed by atoms with van der Waals surface area (Å²) in [6, 6.07) is 5.43. The van der Waals surface area contributed by atoms with Crippen molar-refractivity contribution < 1.29 is 54.2 Å². The van der Waals surface area contributed by atoms with Crippen LogP contribution in [0.2, 0.25) is 0 Å². The molecular weight excluding hydrogens is 1030 g/mol. The zero-order chi connectivity index (χ0) is 32.4. The van der Waals surface area contributed by atoms with Crippen LogP contribution in [-0.2, 0) is 30.4 Å². The number of hydrogen-bond donors (Lipinski definition) is 6. The number of rotatable bonds is 17. The number of nitrogens with one attached hydrogen (secondary N) is 1. The van der Waals surface area contributed by atoms with Crippen molar-refractivity contribution in [3.8, 4) is 17.2 Å². The fraction of sp³-hybridized carbons (Fsp3) is 0.320. The Morgan fingerprint density at radius 1 is 0.721 bits per heavy atom. The van der Waals surface area contributed by atoms with Crippen molar-refractivity contribution in [3.63, 3.8) is 0 Å². The number of halogens is 4. The Morgan fingerprint density at radius 3 is 1.58 bits per heavy atom. The maximum atomic E-state index is 12.8. The van der Waals surface area contributed by atoms with Gasteiger partial charge in [0, 0.05) is 19.5 Å². The largest absolute Gasteiger partial charge is 0.506 e. The van der Waals surface area contributed by atoms with E-state index in [1.807, 2.05) is 45.2 Å². The number of phenols is 1. The summed E-state index contributed by atoms with van der Waals surface area (Å²) in [5.41, 5.74) is 0.587. The van der Waals surface area contributed by atoms with Crippen LogP contribution < -0.4 is 10.1 Å². The molecule has 14 nitrogen and oxygen atoms in total. The molecule has 0 spiro atoms. The Kier molecular flexibility index (Phi) is 15.4. The second-order valence-corrected chi connectivity index (χ2v) is 13.6. The Balaban J connectivity index is 2.13. The van der Waals surface area contributed by atoms with Crippen molar-refractivity contribution in [2.75, 3.05) is 39.3 Å². The van der Waals surface area contributed by atoms with Gasteiger partial charge in [0.1, 0.15) is 17.5 Å². The van der Waals surface area contributed by atoms with E-state index in [0.717, 1.165) is 9.80 Å². The number of benzene rings is 2. The van der Waals surface area contributed by atoms with E-state index in [0.29, 0.717) is 31.3 Å². The third-order valence-electron chi connectivity index (χ3n) is 5.52. The average Bonchev–Trinajstić information content (AvgIpc) is 2.86. The van der Waals surface area contributed by atoms with Crippen LogP contribution in [0.1, 0.15) is 5.56 Å². The molecule has 1 amide bonds. The number of nitrogens with zero attached hydrogens (tertiary/aromatic N) is 2. The number of aliphatic carboxylic acids is 4. The highest BCUT2D eigenvalue weighted by atomic mass is 127. The predicted molar refractivity (Wildman–Crippen MR) is 185 cm³/mol. The maximum Gasteiger partial charge on any atom is 0.326 e. The number of hydrogen-bond acceptors (Lipinski definition) is 9. The number of carbonyl (C=O) groups is 5. The molecule has 0 radical (unpaired) electrons. The molecule has 1 atom stereocenters. The van der Waals surface area contributed by atoms with E-state index in [4.69, 9.17) is 14.9 Å². The monoisotopic (exact) mass is 1050 g/mol. The normalized spacial score (nSPS) is 11.8. The third kappa shape index (κ3) is 13.0. The minimum Gasteiger partial charge on any atom is -0.506 e. The predicted octanol–water partition coefficient (Wildman–Crippen LogP) is 2.57. The first-order chi connectivity index (χ1) is 20.0. The van der Waals surface area contributed by atoms with E-state index < -0.39 is 62.0 Å². The quantitative estimate of drug-likeness (QED) is 0.126. The van der Waals surface area contributed by atoms with Gasteiger partial charge < -0.3 is 35.6 Å². The van der Waals surface area contributed by atoms with Crippen molar-refractivity contribution in [2.45, 2.75) is 12.5 Å². The highest BCUT2D eigenvalue weighted by molar-refractivity contribution is 14.1. The van der Waals surface area contributed by atoms with Gasteiger partial charge in [-0.05, 0) is 120 Å². The first-order valence-electron chi connectivity index (χ1n) is 12.0. The first-order valence-corrected chi connectivity index (χ1v) is 16.3. The molecule has 0 aromatic heterocycles. The molecule has 6 N–H and O–H groups in total. The Hall–Kier alpha value is -1.77. The van der Waals surface area contributed by atoms with Crippen LogP contribution in [0, 0.1) is 14.3 Å². The minimum absolute atomic E-state index is 0.0910. The zero-order valence-corrected chi connectivity index (χ0v) is 30.6. The van der Waals surface area contributed by atoms with Gasteiger partial charge in [-0.1, -0.05) is 0 Å². The molecule has 18 heteroatoms. The summed E-state index contributed by atoms with van der Waals surface area (Å²) in [5.74, 6) is -4.74. The van der Waals surface area contributed by atoms with Gasteiger partial charge in [0.25, 0.3) is 0 Å². The topological polar surface area (TPSA) is 214 Å². The standard InChI is InChI=1S/C25H25I4N3O11/c26-14-6-13(7-15(27)23(14)40)43-24-16(28)3-12(4-17(24)29)5-18(25(41)42)30-19(33)8-31(9-20(34)35)1-2-32(10-21(36)37)11-22(38)39/h3-4,6-7,18,40H,1-2,5,8-11H2,(H,30,33)(H,34,35)(H,36,37)(H,38,39)(H,41,42). The van der Waals surface area contributed by atoms with E-state index in [-0.39, 0.29) is 25.3 Å². The van der Waals surface area contributed by atoms with Crippen molar-refractivity contribution in [1.29, 1.82) is 0 Å². The molecule has 43 heavy (non-hydrogen) atoms. The summed E-state index contributed by atoms with van der Waals surface area (Å²) < 4.78 is 8.61. The lowest BCUT2D eigenvalue weighted by Gasteiger charge is -2.25. The second-order valence-electron chi connectivity index (χ2n) is 8.99. The van der Waals surface area contributed by atoms with E-state index in [2.05, 4.69) is 50.5 Å². The molecule has 0 saturated heterocycles. The molecule has 0 bridgehead atoms. The van der Waals surface area contributed by atoms with Gasteiger partial charge in [-0.2, -0.15) is 0 Å². The van der Waals surface area contributed by atoms with Gasteiger partial charge in [0.05, 0.1) is 40.5 Å². The van der Waals surface area contributed by atoms with Gasteiger partial charge >= 0.3 is 23.9 Å². The van der Waals surface area contributed by atoms with Crippen LogP contribution in [0.5, 0.6) is 17.2 Å². The number of phenolic OH excluding ortho intramolecular Hbond substituents is 1. The number of aromatic hydroxyl groups is 1. The lowest BCUT2D eigenvalue weighted by Crippen LogP contribution is -2.49. The van der Waals surface area contributed by atoms with Crippen LogP contribution in [-0.4, -0.2) is 110 Å². The number of ether oxygens (including phenoxy) is 1. The molecule has 0 aliphatic carbocycles. The van der Waals surface area contributed by atoms with Crippen LogP contribution >= 0.6 is 90.4 Å². The Bertz CT molecular complexity index is 1330. The summed E-state index contributed by atoms with van der Waals surface area (Å²) in [7, 11) is 0. The van der Waals surface area contributed by atoms with E-state index in [1.165, 1.54) is 0 Å². The number of carboxylic acid groups (broad SMARTS) is 4. The average molecular weight is 1050 g/mol. The van der Waals surface area contributed by atoms with Crippen molar-refractivity contribution in [2.24, 2.45) is 0 Å². The smallest absolute Gasteiger partial charge is 0.326 e. The number of amides is 1. The fourth-order valence-electron chi connectivity index (χ4n) is 3.71. The first kappa shape index (κ1) is 37.4. The summed E-state index contributed by atoms with van der Waals surface area (Å²) in [6.45, 7) is -2.65. The molecule has 0 saturated carbocycles. The lowest BCUT2D eigenvalue weighted by molar-refractivity contribution is -0.144. The second kappa shape index (κ2) is 17.6. The highest BCUT2D eigenvalue weighted by Crippen LogP contribution is 2.37. The van der Waals surface area contributed by atoms with Gasteiger partial charge in [-0.15, -0.1) is 0 Å². The third-order valence-corrected chi connectivity index (χ3v) is 8.77. The fourth-order valence-corrected chi connectivity index (χ4v) is 7.54. The van der Waals surface area contributed by atoms with Crippen molar-refractivity contribution in [1.82, 2.24) is 15.1 Å². The Labute approximate surface area is 299 Å². The van der Waals surface area contributed by atoms with Crippen LogP contribution in [0.4, 0.5) is 0 Å². The van der Waals surface area contributed by atoms with E-state index in [1.54, 1.807) is 24.3 Å². The summed E-state index contributed by atoms with van der Waals surface area (Å²) in [6.07, 6.45) is -0.0910. The van der Waals surface area contributed by atoms with E-state index in [9.17, 15) is 39.3 Å². The van der Waals surface area contributed by atoms with Gasteiger partial charge in [0.2, 0.25) is 5.91 Å². The van der Waals surface area contributed by atoms with Crippen LogP contribution in [0.15, 0.2) is 24.3 Å².